The molecule has 7 heteroatoms. The third kappa shape index (κ3) is 3.86. The molecule has 4 rings (SSSR count). The summed E-state index contributed by atoms with van der Waals surface area (Å²) in [5, 5.41) is 5.06. The summed E-state index contributed by atoms with van der Waals surface area (Å²) < 4.78 is 28.3. The van der Waals surface area contributed by atoms with Crippen LogP contribution in [0.3, 0.4) is 0 Å². The number of rotatable bonds is 4. The van der Waals surface area contributed by atoms with Gasteiger partial charge < -0.3 is 0 Å². The zero-order chi connectivity index (χ0) is 19.0. The van der Waals surface area contributed by atoms with Gasteiger partial charge in [-0.2, -0.15) is 5.10 Å². The van der Waals surface area contributed by atoms with Crippen LogP contribution in [0, 0.1) is 5.92 Å². The Morgan fingerprint density at radius 2 is 2.00 bits per heavy atom. The van der Waals surface area contributed by atoms with Gasteiger partial charge in [-0.15, -0.1) is 0 Å². The standard InChI is InChI=1S/C20H20F2N4O/c1-26-12-16(11-24-26)14-2-3-15-10-23-19(25-17(15)8-14)9-18(27)13-4-6-20(21,22)7-5-13/h2-3,8,10-13H,4-7,9H2,1H3. The van der Waals surface area contributed by atoms with E-state index in [0.29, 0.717) is 5.82 Å². The maximum atomic E-state index is 13.3. The highest BCUT2D eigenvalue weighted by atomic mass is 19.3. The summed E-state index contributed by atoms with van der Waals surface area (Å²) in [5.74, 6) is -2.55. The van der Waals surface area contributed by atoms with E-state index in [1.807, 2.05) is 31.4 Å². The lowest BCUT2D eigenvalue weighted by Crippen LogP contribution is -2.29. The van der Waals surface area contributed by atoms with Gasteiger partial charge in [0.2, 0.25) is 5.92 Å². The highest BCUT2D eigenvalue weighted by Gasteiger charge is 2.37. The lowest BCUT2D eigenvalue weighted by molar-refractivity contribution is -0.126. The number of nitrogens with zero attached hydrogens (tertiary/aromatic N) is 4. The Labute approximate surface area is 155 Å². The van der Waals surface area contributed by atoms with Gasteiger partial charge in [0, 0.05) is 49.2 Å². The largest absolute Gasteiger partial charge is 0.299 e. The summed E-state index contributed by atoms with van der Waals surface area (Å²) >= 11 is 0. The first-order valence-corrected chi connectivity index (χ1v) is 9.05. The summed E-state index contributed by atoms with van der Waals surface area (Å²) in [7, 11) is 1.86. The minimum Gasteiger partial charge on any atom is -0.299 e. The molecule has 5 nitrogen and oxygen atoms in total. The van der Waals surface area contributed by atoms with Crippen LogP contribution in [-0.4, -0.2) is 31.5 Å². The van der Waals surface area contributed by atoms with Gasteiger partial charge in [0.1, 0.15) is 11.6 Å². The van der Waals surface area contributed by atoms with E-state index in [0.717, 1.165) is 22.0 Å². The van der Waals surface area contributed by atoms with E-state index in [9.17, 15) is 13.6 Å². The number of hydrogen-bond donors (Lipinski definition) is 0. The Morgan fingerprint density at radius 1 is 1.22 bits per heavy atom. The van der Waals surface area contributed by atoms with Crippen LogP contribution < -0.4 is 0 Å². The van der Waals surface area contributed by atoms with Crippen LogP contribution >= 0.6 is 0 Å². The van der Waals surface area contributed by atoms with Gasteiger partial charge in [-0.25, -0.2) is 18.7 Å². The predicted octanol–water partition coefficient (Wildman–Crippen LogP) is 3.97. The highest BCUT2D eigenvalue weighted by molar-refractivity contribution is 5.85. The van der Waals surface area contributed by atoms with Crippen LogP contribution in [-0.2, 0) is 18.3 Å². The van der Waals surface area contributed by atoms with Gasteiger partial charge in [0.25, 0.3) is 0 Å². The second-order valence-electron chi connectivity index (χ2n) is 7.24. The fourth-order valence-corrected chi connectivity index (χ4v) is 3.56. The molecule has 27 heavy (non-hydrogen) atoms. The van der Waals surface area contributed by atoms with Crippen LogP contribution in [0.1, 0.15) is 31.5 Å². The molecule has 0 atom stereocenters. The molecule has 1 aromatic carbocycles. The van der Waals surface area contributed by atoms with Gasteiger partial charge in [-0.3, -0.25) is 9.48 Å². The molecule has 0 N–H and O–H groups in total. The first-order valence-electron chi connectivity index (χ1n) is 9.05. The van der Waals surface area contributed by atoms with Crippen LogP contribution in [0.25, 0.3) is 22.0 Å². The number of alkyl halides is 2. The van der Waals surface area contributed by atoms with Gasteiger partial charge in [-0.05, 0) is 24.5 Å². The zero-order valence-electron chi connectivity index (χ0n) is 15.0. The quantitative estimate of drug-likeness (QED) is 0.697. The Hall–Kier alpha value is -2.70. The molecule has 0 amide bonds. The number of benzene rings is 1. The van der Waals surface area contributed by atoms with Gasteiger partial charge >= 0.3 is 0 Å². The molecule has 0 unspecified atom stereocenters. The summed E-state index contributed by atoms with van der Waals surface area (Å²) in [6, 6.07) is 5.87. The minimum absolute atomic E-state index is 0.0479. The van der Waals surface area contributed by atoms with Crippen LogP contribution in [0.15, 0.2) is 36.8 Å². The lowest BCUT2D eigenvalue weighted by Gasteiger charge is -2.27. The van der Waals surface area contributed by atoms with E-state index in [1.54, 1.807) is 17.1 Å². The van der Waals surface area contributed by atoms with Crippen molar-refractivity contribution in [1.82, 2.24) is 19.7 Å². The number of Topliss-reactive ketones (excluding diaryl/α,β-unsaturated/α-hetero) is 1. The van der Waals surface area contributed by atoms with E-state index in [4.69, 9.17) is 0 Å². The molecule has 0 radical (unpaired) electrons. The molecule has 1 saturated carbocycles. The van der Waals surface area contributed by atoms with E-state index in [-0.39, 0.29) is 43.8 Å². The smallest absolute Gasteiger partial charge is 0.248 e. The summed E-state index contributed by atoms with van der Waals surface area (Å²) in [6.45, 7) is 0. The Morgan fingerprint density at radius 3 is 2.70 bits per heavy atom. The van der Waals surface area contributed by atoms with Crippen molar-refractivity contribution >= 4 is 16.7 Å². The van der Waals surface area contributed by atoms with E-state index in [2.05, 4.69) is 15.1 Å². The van der Waals surface area contributed by atoms with Crippen molar-refractivity contribution in [2.45, 2.75) is 38.0 Å². The van der Waals surface area contributed by atoms with Crippen molar-refractivity contribution in [2.75, 3.05) is 0 Å². The predicted molar refractivity (Wildman–Crippen MR) is 97.4 cm³/mol. The molecule has 0 saturated heterocycles. The van der Waals surface area contributed by atoms with Crippen molar-refractivity contribution in [1.29, 1.82) is 0 Å². The summed E-state index contributed by atoms with van der Waals surface area (Å²) in [6.07, 6.45) is 5.55. The molecule has 0 spiro atoms. The SMILES string of the molecule is Cn1cc(-c2ccc3cnc(CC(=O)C4CCC(F)(F)CC4)nc3c2)cn1. The number of halogens is 2. The Kier molecular flexibility index (Phi) is 4.45. The topological polar surface area (TPSA) is 60.7 Å². The van der Waals surface area contributed by atoms with E-state index >= 15 is 0 Å². The molecular formula is C20H20F2N4O. The number of hydrogen-bond acceptors (Lipinski definition) is 4. The second kappa shape index (κ2) is 6.79. The maximum absolute atomic E-state index is 13.3. The first-order chi connectivity index (χ1) is 12.9. The van der Waals surface area contributed by atoms with Crippen LogP contribution in [0.2, 0.25) is 0 Å². The monoisotopic (exact) mass is 370 g/mol. The molecule has 0 bridgehead atoms. The Bertz CT molecular complexity index is 989. The van der Waals surface area contributed by atoms with Crippen molar-refractivity contribution in [2.24, 2.45) is 13.0 Å². The average molecular weight is 370 g/mol. The van der Waals surface area contributed by atoms with Gasteiger partial charge in [0.05, 0.1) is 18.1 Å². The van der Waals surface area contributed by atoms with Gasteiger partial charge in [-0.1, -0.05) is 12.1 Å². The number of ketones is 1. The summed E-state index contributed by atoms with van der Waals surface area (Å²) in [4.78, 5) is 21.3. The van der Waals surface area contributed by atoms with Crippen molar-refractivity contribution in [3.05, 3.63) is 42.6 Å². The minimum atomic E-state index is -2.63. The third-order valence-corrected chi connectivity index (χ3v) is 5.18. The average Bonchev–Trinajstić information content (AvgIpc) is 3.07. The molecular weight excluding hydrogens is 350 g/mol. The fraction of sp³-hybridized carbons (Fsp3) is 0.400. The third-order valence-electron chi connectivity index (χ3n) is 5.18. The highest BCUT2D eigenvalue weighted by Crippen LogP contribution is 2.36. The number of aromatic nitrogens is 4. The van der Waals surface area contributed by atoms with Crippen LogP contribution in [0.5, 0.6) is 0 Å². The molecule has 140 valence electrons. The lowest BCUT2D eigenvalue weighted by atomic mass is 9.83. The summed E-state index contributed by atoms with van der Waals surface area (Å²) in [5.41, 5.74) is 2.73. The van der Waals surface area contributed by atoms with Gasteiger partial charge in [0.15, 0.2) is 0 Å². The van der Waals surface area contributed by atoms with Crippen molar-refractivity contribution in [3.63, 3.8) is 0 Å². The van der Waals surface area contributed by atoms with Crippen molar-refractivity contribution < 1.29 is 13.6 Å². The number of fused-ring (bicyclic) bond motifs is 1. The molecule has 3 aromatic rings. The zero-order valence-corrected chi connectivity index (χ0v) is 15.0. The Balaban J connectivity index is 1.53. The molecule has 1 aliphatic rings. The molecule has 2 heterocycles. The van der Waals surface area contributed by atoms with E-state index in [1.165, 1.54) is 0 Å². The normalized spacial score (nSPS) is 17.3. The maximum Gasteiger partial charge on any atom is 0.248 e. The molecule has 2 aromatic heterocycles. The van der Waals surface area contributed by atoms with Crippen LogP contribution in [0.4, 0.5) is 8.78 Å². The van der Waals surface area contributed by atoms with E-state index < -0.39 is 5.92 Å². The number of aryl methyl sites for hydroxylation is 1. The molecule has 1 aliphatic carbocycles. The number of carbonyl (C=O) groups is 1. The number of carbonyl (C=O) groups excluding carboxylic acids is 1. The fourth-order valence-electron chi connectivity index (χ4n) is 3.56. The second-order valence-corrected chi connectivity index (χ2v) is 7.24. The van der Waals surface area contributed by atoms with Crippen molar-refractivity contribution in [3.8, 4) is 11.1 Å². The molecule has 0 aliphatic heterocycles. The molecule has 1 fully saturated rings. The first kappa shape index (κ1) is 17.7.